The van der Waals surface area contributed by atoms with Crippen LogP contribution in [0.4, 0.5) is 10.1 Å². The molecule has 1 amide bonds. The first-order valence-electron chi connectivity index (χ1n) is 5.27. The van der Waals surface area contributed by atoms with Gasteiger partial charge in [0.25, 0.3) is 5.91 Å². The highest BCUT2D eigenvalue weighted by Gasteiger charge is 2.21. The van der Waals surface area contributed by atoms with Crippen LogP contribution in [-0.2, 0) is 0 Å². The first kappa shape index (κ1) is 16.6. The lowest BCUT2D eigenvalue weighted by molar-refractivity contribution is 0.102. The molecule has 0 bridgehead atoms. The van der Waals surface area contributed by atoms with Gasteiger partial charge in [-0.2, -0.15) is 0 Å². The average Bonchev–Trinajstić information content (AvgIpc) is 2.43. The summed E-state index contributed by atoms with van der Waals surface area (Å²) in [7, 11) is 0. The molecule has 1 N–H and O–H groups in total. The molecule has 2 rings (SSSR count). The number of anilines is 1. The van der Waals surface area contributed by atoms with Crippen LogP contribution >= 0.6 is 58.0 Å². The van der Waals surface area contributed by atoms with E-state index in [-0.39, 0.29) is 36.6 Å². The molecule has 0 saturated carbocycles. The van der Waals surface area contributed by atoms with Crippen LogP contribution in [-0.4, -0.2) is 10.9 Å². The molecule has 0 aliphatic rings. The lowest BCUT2D eigenvalue weighted by Crippen LogP contribution is -2.15. The van der Waals surface area contributed by atoms with E-state index in [4.69, 9.17) is 58.0 Å². The van der Waals surface area contributed by atoms with Gasteiger partial charge in [0.1, 0.15) is 16.7 Å². The lowest BCUT2D eigenvalue weighted by atomic mass is 10.2. The molecule has 0 fully saturated rings. The van der Waals surface area contributed by atoms with Gasteiger partial charge in [0, 0.05) is 5.02 Å². The van der Waals surface area contributed by atoms with Crippen LogP contribution in [0.3, 0.4) is 0 Å². The van der Waals surface area contributed by atoms with Crippen molar-refractivity contribution >= 4 is 69.6 Å². The van der Waals surface area contributed by atoms with Crippen molar-refractivity contribution in [3.63, 3.8) is 0 Å². The zero-order valence-electron chi connectivity index (χ0n) is 9.86. The maximum absolute atomic E-state index is 13.6. The zero-order valence-corrected chi connectivity index (χ0v) is 13.6. The molecule has 21 heavy (non-hydrogen) atoms. The summed E-state index contributed by atoms with van der Waals surface area (Å²) in [5, 5.41) is 1.93. The van der Waals surface area contributed by atoms with Crippen molar-refractivity contribution in [2.45, 2.75) is 0 Å². The van der Waals surface area contributed by atoms with E-state index in [9.17, 15) is 9.18 Å². The number of aromatic nitrogens is 1. The van der Waals surface area contributed by atoms with Crippen molar-refractivity contribution in [2.24, 2.45) is 0 Å². The van der Waals surface area contributed by atoms with Crippen LogP contribution in [0.2, 0.25) is 25.2 Å². The van der Waals surface area contributed by atoms with E-state index < -0.39 is 11.7 Å². The van der Waals surface area contributed by atoms with Gasteiger partial charge in [-0.1, -0.05) is 58.0 Å². The molecule has 0 spiro atoms. The molecule has 0 radical (unpaired) electrons. The number of amides is 1. The summed E-state index contributed by atoms with van der Waals surface area (Å²) in [6.45, 7) is 0. The number of rotatable bonds is 2. The normalized spacial score (nSPS) is 10.6. The number of nitrogens with zero attached hydrogens (tertiary/aromatic N) is 1. The van der Waals surface area contributed by atoms with Gasteiger partial charge in [-0.25, -0.2) is 9.37 Å². The quantitative estimate of drug-likeness (QED) is 0.667. The standard InChI is InChI=1S/C12H4Cl5FN2O/c13-4-1-2-6(5(18)3-4)19-12(21)10-8(15)7(14)9(16)11(17)20-10/h1-3H,(H,19,21). The van der Waals surface area contributed by atoms with Gasteiger partial charge in [-0.3, -0.25) is 4.79 Å². The molecule has 2 aromatic rings. The second-order valence-electron chi connectivity index (χ2n) is 3.77. The minimum atomic E-state index is -0.790. The highest BCUT2D eigenvalue weighted by Crippen LogP contribution is 2.36. The fourth-order valence-electron chi connectivity index (χ4n) is 1.41. The first-order chi connectivity index (χ1) is 9.81. The van der Waals surface area contributed by atoms with Crippen molar-refractivity contribution in [3.05, 3.63) is 55.0 Å². The number of nitrogens with one attached hydrogen (secondary N) is 1. The van der Waals surface area contributed by atoms with Gasteiger partial charge < -0.3 is 5.32 Å². The van der Waals surface area contributed by atoms with Gasteiger partial charge in [0.05, 0.1) is 20.8 Å². The van der Waals surface area contributed by atoms with E-state index in [0.717, 1.165) is 6.07 Å². The monoisotopic (exact) mass is 386 g/mol. The van der Waals surface area contributed by atoms with Gasteiger partial charge >= 0.3 is 0 Å². The molecule has 1 heterocycles. The summed E-state index contributed by atoms with van der Waals surface area (Å²) in [5.41, 5.74) is -0.366. The maximum atomic E-state index is 13.6. The van der Waals surface area contributed by atoms with Crippen molar-refractivity contribution < 1.29 is 9.18 Å². The fourth-order valence-corrected chi connectivity index (χ4v) is 2.38. The Morgan fingerprint density at radius 1 is 1.05 bits per heavy atom. The van der Waals surface area contributed by atoms with E-state index in [1.54, 1.807) is 0 Å². The molecule has 0 saturated heterocycles. The Kier molecular flexibility index (Phi) is 5.17. The van der Waals surface area contributed by atoms with Crippen molar-refractivity contribution in [3.8, 4) is 0 Å². The van der Waals surface area contributed by atoms with E-state index >= 15 is 0 Å². The first-order valence-corrected chi connectivity index (χ1v) is 7.16. The largest absolute Gasteiger partial charge is 0.318 e. The van der Waals surface area contributed by atoms with Gasteiger partial charge in [-0.05, 0) is 18.2 Å². The molecule has 0 unspecified atom stereocenters. The third kappa shape index (κ3) is 3.52. The third-order valence-corrected chi connectivity index (χ3v) is 4.29. The fraction of sp³-hybridized carbons (Fsp3) is 0. The Bertz CT molecular complexity index is 738. The van der Waals surface area contributed by atoms with E-state index in [2.05, 4.69) is 10.3 Å². The minimum absolute atomic E-state index is 0.0717. The molecule has 0 atom stereocenters. The SMILES string of the molecule is O=C(Nc1ccc(Cl)cc1F)c1nc(Cl)c(Cl)c(Cl)c1Cl. The number of halogens is 6. The highest BCUT2D eigenvalue weighted by molar-refractivity contribution is 6.52. The summed E-state index contributed by atoms with van der Waals surface area (Å²) in [4.78, 5) is 15.8. The van der Waals surface area contributed by atoms with Crippen LogP contribution in [0.1, 0.15) is 10.5 Å². The predicted octanol–water partition coefficient (Wildman–Crippen LogP) is 5.74. The van der Waals surface area contributed by atoms with Crippen LogP contribution in [0, 0.1) is 5.82 Å². The predicted molar refractivity (Wildman–Crippen MR) is 83.6 cm³/mol. The Morgan fingerprint density at radius 2 is 1.71 bits per heavy atom. The van der Waals surface area contributed by atoms with E-state index in [0.29, 0.717) is 0 Å². The van der Waals surface area contributed by atoms with Crippen LogP contribution in [0.15, 0.2) is 18.2 Å². The van der Waals surface area contributed by atoms with E-state index in [1.807, 2.05) is 0 Å². The van der Waals surface area contributed by atoms with Crippen molar-refractivity contribution in [1.82, 2.24) is 4.98 Å². The topological polar surface area (TPSA) is 42.0 Å². The number of hydrogen-bond acceptors (Lipinski definition) is 2. The van der Waals surface area contributed by atoms with Crippen LogP contribution in [0.5, 0.6) is 0 Å². The number of pyridine rings is 1. The Balaban J connectivity index is 2.37. The summed E-state index contributed by atoms with van der Waals surface area (Å²) < 4.78 is 13.6. The van der Waals surface area contributed by atoms with Crippen LogP contribution in [0.25, 0.3) is 0 Å². The smallest absolute Gasteiger partial charge is 0.276 e. The van der Waals surface area contributed by atoms with Gasteiger partial charge in [0.15, 0.2) is 0 Å². The molecule has 1 aromatic heterocycles. The summed E-state index contributed by atoms with van der Waals surface area (Å²) in [5.74, 6) is -1.50. The second-order valence-corrected chi connectivity index (χ2v) is 5.70. The Labute approximate surface area is 143 Å². The van der Waals surface area contributed by atoms with Crippen molar-refractivity contribution in [1.29, 1.82) is 0 Å². The molecule has 3 nitrogen and oxygen atoms in total. The number of benzene rings is 1. The highest BCUT2D eigenvalue weighted by atomic mass is 35.5. The summed E-state index contributed by atoms with van der Waals surface area (Å²) in [6, 6.07) is 3.76. The van der Waals surface area contributed by atoms with Gasteiger partial charge in [0.2, 0.25) is 0 Å². The third-order valence-electron chi connectivity index (χ3n) is 2.38. The van der Waals surface area contributed by atoms with Gasteiger partial charge in [-0.15, -0.1) is 0 Å². The maximum Gasteiger partial charge on any atom is 0.276 e. The molecule has 1 aromatic carbocycles. The molecular weight excluding hydrogens is 384 g/mol. The zero-order chi connectivity index (χ0) is 15.7. The molecule has 0 aliphatic heterocycles. The van der Waals surface area contributed by atoms with E-state index in [1.165, 1.54) is 12.1 Å². The van der Waals surface area contributed by atoms with Crippen molar-refractivity contribution in [2.75, 3.05) is 5.32 Å². The lowest BCUT2D eigenvalue weighted by Gasteiger charge is -2.09. The van der Waals surface area contributed by atoms with Crippen LogP contribution < -0.4 is 5.32 Å². The molecular formula is C12H4Cl5FN2O. The molecule has 9 heteroatoms. The summed E-state index contributed by atoms with van der Waals surface area (Å²) >= 11 is 28.8. The average molecular weight is 388 g/mol. The molecule has 0 aliphatic carbocycles. The minimum Gasteiger partial charge on any atom is -0.318 e. The number of carbonyl (C=O) groups is 1. The Morgan fingerprint density at radius 3 is 2.33 bits per heavy atom. The second kappa shape index (κ2) is 6.55. The number of carbonyl (C=O) groups excluding carboxylic acids is 1. The molecule has 110 valence electrons. The Hall–Kier alpha value is -0.780. The summed E-state index contributed by atoms with van der Waals surface area (Å²) in [6.07, 6.45) is 0. The number of hydrogen-bond donors (Lipinski definition) is 1.